The third-order valence-electron chi connectivity index (χ3n) is 5.17. The Morgan fingerprint density at radius 3 is 2.55 bits per heavy atom. The summed E-state index contributed by atoms with van der Waals surface area (Å²) in [5, 5.41) is 7.17. The summed E-state index contributed by atoms with van der Waals surface area (Å²) in [5.74, 6) is 0.520. The van der Waals surface area contributed by atoms with Gasteiger partial charge in [-0.3, -0.25) is 0 Å². The van der Waals surface area contributed by atoms with Crippen LogP contribution in [0.1, 0.15) is 29.9 Å². The Labute approximate surface area is 130 Å². The third kappa shape index (κ3) is 1.70. The van der Waals surface area contributed by atoms with Crippen molar-refractivity contribution in [3.05, 3.63) is 77.0 Å². The lowest BCUT2D eigenvalue weighted by atomic mass is 9.86. The standard InChI is InChI=1S/C22H18/c1-2-5-15(6-3-1)20-13-18-11-9-16-7-4-8-17-10-12-19(14-20)22(18)21(16)17/h1-3,5,7,9-15H,4,6,8H2. The molecule has 3 aromatic rings. The van der Waals surface area contributed by atoms with Crippen LogP contribution in [0.25, 0.3) is 27.6 Å². The molecule has 0 spiro atoms. The van der Waals surface area contributed by atoms with Crippen molar-refractivity contribution < 1.29 is 0 Å². The molecule has 0 aromatic heterocycles. The molecule has 2 aliphatic carbocycles. The molecule has 0 heterocycles. The molecule has 1 unspecified atom stereocenters. The Bertz CT molecular complexity index is 983. The van der Waals surface area contributed by atoms with Crippen molar-refractivity contribution in [3.8, 4) is 0 Å². The molecule has 0 aliphatic heterocycles. The fourth-order valence-electron chi connectivity index (χ4n) is 4.09. The van der Waals surface area contributed by atoms with Gasteiger partial charge in [-0.2, -0.15) is 0 Å². The second-order valence-electron chi connectivity index (χ2n) is 6.49. The molecule has 0 saturated heterocycles. The number of hydrogen-bond donors (Lipinski definition) is 0. The quantitative estimate of drug-likeness (QED) is 0.586. The van der Waals surface area contributed by atoms with Gasteiger partial charge in [0, 0.05) is 5.92 Å². The third-order valence-corrected chi connectivity index (χ3v) is 5.17. The lowest BCUT2D eigenvalue weighted by molar-refractivity contribution is 0.856. The van der Waals surface area contributed by atoms with E-state index in [1.807, 2.05) is 0 Å². The SMILES string of the molecule is C1=CCC(c2cc3ccc4c5c(ccc(c2)c35)=CCC4)C=C1. The highest BCUT2D eigenvalue weighted by atomic mass is 14.2. The van der Waals surface area contributed by atoms with Gasteiger partial charge in [-0.15, -0.1) is 0 Å². The highest BCUT2D eigenvalue weighted by Crippen LogP contribution is 2.34. The average Bonchev–Trinajstić information content (AvgIpc) is 2.60. The Morgan fingerprint density at radius 2 is 1.73 bits per heavy atom. The summed E-state index contributed by atoms with van der Waals surface area (Å²) < 4.78 is 0. The van der Waals surface area contributed by atoms with Crippen molar-refractivity contribution in [1.82, 2.24) is 0 Å². The van der Waals surface area contributed by atoms with Gasteiger partial charge < -0.3 is 0 Å². The van der Waals surface area contributed by atoms with Crippen molar-refractivity contribution >= 4 is 27.6 Å². The summed E-state index contributed by atoms with van der Waals surface area (Å²) in [7, 11) is 0. The maximum atomic E-state index is 2.40. The van der Waals surface area contributed by atoms with E-state index in [0.717, 1.165) is 6.42 Å². The van der Waals surface area contributed by atoms with Gasteiger partial charge in [0.05, 0.1) is 0 Å². The van der Waals surface area contributed by atoms with E-state index in [4.69, 9.17) is 0 Å². The molecule has 0 heteroatoms. The van der Waals surface area contributed by atoms with E-state index in [1.54, 1.807) is 0 Å². The number of allylic oxidation sites excluding steroid dienone is 4. The van der Waals surface area contributed by atoms with Crippen LogP contribution in [-0.4, -0.2) is 0 Å². The van der Waals surface area contributed by atoms with Gasteiger partial charge in [-0.1, -0.05) is 66.8 Å². The number of benzene rings is 3. The van der Waals surface area contributed by atoms with Crippen LogP contribution in [0.15, 0.2) is 60.7 Å². The van der Waals surface area contributed by atoms with Crippen LogP contribution in [0.5, 0.6) is 0 Å². The number of rotatable bonds is 1. The van der Waals surface area contributed by atoms with Gasteiger partial charge in [0.25, 0.3) is 0 Å². The highest BCUT2D eigenvalue weighted by Gasteiger charge is 2.14. The topological polar surface area (TPSA) is 0 Å². The summed E-state index contributed by atoms with van der Waals surface area (Å²) in [5.41, 5.74) is 2.96. The zero-order valence-corrected chi connectivity index (χ0v) is 12.5. The predicted molar refractivity (Wildman–Crippen MR) is 95.1 cm³/mol. The first-order valence-electron chi connectivity index (χ1n) is 8.22. The molecule has 2 aliphatic rings. The van der Waals surface area contributed by atoms with E-state index in [2.05, 4.69) is 66.8 Å². The summed E-state index contributed by atoms with van der Waals surface area (Å²) in [6, 6.07) is 14.1. The molecule has 106 valence electrons. The fraction of sp³-hybridized carbons (Fsp3) is 0.182. The van der Waals surface area contributed by atoms with E-state index in [-0.39, 0.29) is 0 Å². The van der Waals surface area contributed by atoms with Crippen LogP contribution >= 0.6 is 0 Å². The van der Waals surface area contributed by atoms with Crippen LogP contribution in [0.4, 0.5) is 0 Å². The second-order valence-corrected chi connectivity index (χ2v) is 6.49. The molecule has 0 saturated carbocycles. The van der Waals surface area contributed by atoms with Crippen molar-refractivity contribution in [2.45, 2.75) is 25.2 Å². The number of hydrogen-bond acceptors (Lipinski definition) is 0. The van der Waals surface area contributed by atoms with Gasteiger partial charge in [0.2, 0.25) is 0 Å². The summed E-state index contributed by atoms with van der Waals surface area (Å²) in [6.07, 6.45) is 14.8. The molecule has 3 aromatic carbocycles. The van der Waals surface area contributed by atoms with Gasteiger partial charge >= 0.3 is 0 Å². The van der Waals surface area contributed by atoms with Crippen molar-refractivity contribution in [2.24, 2.45) is 0 Å². The smallest absolute Gasteiger partial charge is 0.00561 e. The van der Waals surface area contributed by atoms with Crippen LogP contribution in [0.3, 0.4) is 0 Å². The second kappa shape index (κ2) is 4.58. The highest BCUT2D eigenvalue weighted by molar-refractivity contribution is 6.12. The molecular weight excluding hydrogens is 264 g/mol. The van der Waals surface area contributed by atoms with Gasteiger partial charge in [0.15, 0.2) is 0 Å². The Balaban J connectivity index is 1.84. The molecule has 0 fully saturated rings. The molecule has 5 rings (SSSR count). The maximum absolute atomic E-state index is 2.40. The normalized spacial score (nSPS) is 19.7. The first-order valence-corrected chi connectivity index (χ1v) is 8.22. The monoisotopic (exact) mass is 282 g/mol. The van der Waals surface area contributed by atoms with E-state index >= 15 is 0 Å². The predicted octanol–water partition coefficient (Wildman–Crippen LogP) is 5.04. The largest absolute Gasteiger partial charge is 0.0836 e. The van der Waals surface area contributed by atoms with Crippen LogP contribution in [-0.2, 0) is 6.42 Å². The molecule has 0 radical (unpaired) electrons. The Morgan fingerprint density at radius 1 is 0.864 bits per heavy atom. The average molecular weight is 282 g/mol. The van der Waals surface area contributed by atoms with E-state index in [9.17, 15) is 0 Å². The molecule has 0 bridgehead atoms. The zero-order chi connectivity index (χ0) is 14.5. The lowest BCUT2D eigenvalue weighted by Crippen LogP contribution is -2.10. The summed E-state index contributed by atoms with van der Waals surface area (Å²) >= 11 is 0. The van der Waals surface area contributed by atoms with Gasteiger partial charge in [-0.25, -0.2) is 0 Å². The molecular formula is C22H18. The minimum absolute atomic E-state index is 0.520. The summed E-state index contributed by atoms with van der Waals surface area (Å²) in [6.45, 7) is 0. The molecule has 1 atom stereocenters. The van der Waals surface area contributed by atoms with Gasteiger partial charge in [0.1, 0.15) is 0 Å². The fourth-order valence-corrected chi connectivity index (χ4v) is 4.09. The minimum atomic E-state index is 0.520. The van der Waals surface area contributed by atoms with E-state index < -0.39 is 0 Å². The molecule has 0 nitrogen and oxygen atoms in total. The zero-order valence-electron chi connectivity index (χ0n) is 12.5. The Hall–Kier alpha value is -2.34. The van der Waals surface area contributed by atoms with Crippen LogP contribution in [0.2, 0.25) is 0 Å². The summed E-state index contributed by atoms with van der Waals surface area (Å²) in [4.78, 5) is 0. The molecule has 22 heavy (non-hydrogen) atoms. The minimum Gasteiger partial charge on any atom is -0.0836 e. The Kier molecular flexibility index (Phi) is 2.54. The maximum Gasteiger partial charge on any atom is 0.00561 e. The van der Waals surface area contributed by atoms with E-state index in [0.29, 0.717) is 5.92 Å². The molecule has 0 amide bonds. The van der Waals surface area contributed by atoms with Crippen LogP contribution < -0.4 is 5.22 Å². The first-order chi connectivity index (χ1) is 10.9. The van der Waals surface area contributed by atoms with Crippen molar-refractivity contribution in [3.63, 3.8) is 0 Å². The van der Waals surface area contributed by atoms with Crippen LogP contribution in [0, 0.1) is 0 Å². The lowest BCUT2D eigenvalue weighted by Gasteiger charge is -2.18. The van der Waals surface area contributed by atoms with Crippen molar-refractivity contribution in [2.75, 3.05) is 0 Å². The first kappa shape index (κ1) is 12.2. The van der Waals surface area contributed by atoms with Gasteiger partial charge in [-0.05, 0) is 57.2 Å². The number of aryl methyl sites for hydroxylation is 1. The molecule has 0 N–H and O–H groups in total. The van der Waals surface area contributed by atoms with Crippen molar-refractivity contribution in [1.29, 1.82) is 0 Å². The van der Waals surface area contributed by atoms with E-state index in [1.165, 1.54) is 50.7 Å².